The molecule has 0 fully saturated rings. The van der Waals surface area contributed by atoms with E-state index in [1.54, 1.807) is 0 Å². The number of hydrogen-bond donors (Lipinski definition) is 0. The van der Waals surface area contributed by atoms with Crippen LogP contribution in [0.25, 0.3) is 10.9 Å². The van der Waals surface area contributed by atoms with Gasteiger partial charge in [0.2, 0.25) is 0 Å². The van der Waals surface area contributed by atoms with Crippen LogP contribution < -0.4 is 0 Å². The van der Waals surface area contributed by atoms with Crippen LogP contribution in [0.5, 0.6) is 0 Å². The lowest BCUT2D eigenvalue weighted by molar-refractivity contribution is 0.629. The van der Waals surface area contributed by atoms with E-state index >= 15 is 0 Å². The first kappa shape index (κ1) is 9.53. The minimum Gasteiger partial charge on any atom is -0.207 e. The summed E-state index contributed by atoms with van der Waals surface area (Å²) in [6.07, 6.45) is 0.613. The van der Waals surface area contributed by atoms with Crippen LogP contribution in [0.4, 0.5) is 4.39 Å². The van der Waals surface area contributed by atoms with Crippen molar-refractivity contribution in [3.8, 4) is 6.07 Å². The monoisotopic (exact) mass is 201 g/mol. The maximum atomic E-state index is 13.0. The summed E-state index contributed by atoms with van der Waals surface area (Å²) < 4.78 is 13.0. The van der Waals surface area contributed by atoms with Crippen molar-refractivity contribution < 1.29 is 4.39 Å². The first-order valence-electron chi connectivity index (χ1n) is 4.61. The van der Waals surface area contributed by atoms with Gasteiger partial charge < -0.3 is 0 Å². The van der Waals surface area contributed by atoms with Crippen LogP contribution in [0, 0.1) is 17.1 Å². The molecule has 0 atom stereocenters. The topological polar surface area (TPSA) is 49.6 Å². The zero-order valence-corrected chi connectivity index (χ0v) is 8.16. The van der Waals surface area contributed by atoms with Crippen LogP contribution in [-0.4, -0.2) is 10.2 Å². The summed E-state index contributed by atoms with van der Waals surface area (Å²) in [6.45, 7) is 1.88. The lowest BCUT2D eigenvalue weighted by Crippen LogP contribution is -1.97. The molecule has 2 aromatic rings. The second-order valence-electron chi connectivity index (χ2n) is 3.15. The first-order valence-corrected chi connectivity index (χ1v) is 4.61. The molecule has 1 heterocycles. The Kier molecular flexibility index (Phi) is 2.30. The molecule has 0 spiro atoms. The molecule has 1 aromatic carbocycles. The number of benzene rings is 1. The summed E-state index contributed by atoms with van der Waals surface area (Å²) in [5.74, 6) is -0.367. The summed E-state index contributed by atoms with van der Waals surface area (Å²) in [6, 6.07) is 6.20. The molecular formula is C11H8FN3. The van der Waals surface area contributed by atoms with Gasteiger partial charge >= 0.3 is 0 Å². The maximum Gasteiger partial charge on any atom is 0.124 e. The number of aryl methyl sites for hydroxylation is 1. The zero-order valence-electron chi connectivity index (χ0n) is 8.16. The molecule has 4 heteroatoms. The van der Waals surface area contributed by atoms with Crippen molar-refractivity contribution in [2.75, 3.05) is 0 Å². The number of hydrogen-bond acceptors (Lipinski definition) is 3. The van der Waals surface area contributed by atoms with Crippen molar-refractivity contribution in [1.82, 2.24) is 10.2 Å². The number of aromatic nitrogens is 2. The lowest BCUT2D eigenvalue weighted by Gasteiger charge is -2.02. The third-order valence-corrected chi connectivity index (χ3v) is 2.24. The van der Waals surface area contributed by atoms with Gasteiger partial charge in [-0.1, -0.05) is 6.92 Å². The van der Waals surface area contributed by atoms with Crippen LogP contribution in [-0.2, 0) is 6.42 Å². The van der Waals surface area contributed by atoms with Gasteiger partial charge in [-0.2, -0.15) is 15.5 Å². The fourth-order valence-corrected chi connectivity index (χ4v) is 1.49. The van der Waals surface area contributed by atoms with Gasteiger partial charge in [-0.05, 0) is 24.6 Å². The smallest absolute Gasteiger partial charge is 0.124 e. The highest BCUT2D eigenvalue weighted by Crippen LogP contribution is 2.19. The summed E-state index contributed by atoms with van der Waals surface area (Å²) >= 11 is 0. The van der Waals surface area contributed by atoms with Crippen molar-refractivity contribution in [2.24, 2.45) is 0 Å². The second kappa shape index (κ2) is 3.62. The van der Waals surface area contributed by atoms with Gasteiger partial charge in [-0.3, -0.25) is 0 Å². The normalized spacial score (nSPS) is 10.2. The molecule has 15 heavy (non-hydrogen) atoms. The Morgan fingerprint density at radius 1 is 1.40 bits per heavy atom. The molecule has 0 N–H and O–H groups in total. The summed E-state index contributed by atoms with van der Waals surface area (Å²) in [5, 5.41) is 17.4. The molecule has 0 aliphatic heterocycles. The predicted octanol–water partition coefficient (Wildman–Crippen LogP) is 2.20. The van der Waals surface area contributed by atoms with E-state index in [1.807, 2.05) is 13.0 Å². The highest BCUT2D eigenvalue weighted by molar-refractivity contribution is 5.84. The Labute approximate surface area is 86.2 Å². The molecule has 0 aliphatic carbocycles. The van der Waals surface area contributed by atoms with Crippen molar-refractivity contribution in [3.05, 3.63) is 35.3 Å². The van der Waals surface area contributed by atoms with Crippen molar-refractivity contribution in [2.45, 2.75) is 13.3 Å². The Morgan fingerprint density at radius 2 is 2.20 bits per heavy atom. The van der Waals surface area contributed by atoms with Crippen molar-refractivity contribution in [3.63, 3.8) is 0 Å². The third-order valence-electron chi connectivity index (χ3n) is 2.24. The summed E-state index contributed by atoms with van der Waals surface area (Å²) in [5.41, 5.74) is 1.57. The standard InChI is InChI=1S/C11H8FN3/c1-2-10-9(6-13)8-5-7(12)3-4-11(8)15-14-10/h3-5H,2H2,1H3. The number of halogens is 1. The molecule has 0 unspecified atom stereocenters. The molecule has 0 saturated carbocycles. The fourth-order valence-electron chi connectivity index (χ4n) is 1.49. The van der Waals surface area contributed by atoms with Gasteiger partial charge in [-0.15, -0.1) is 0 Å². The zero-order chi connectivity index (χ0) is 10.8. The number of rotatable bonds is 1. The molecule has 0 bridgehead atoms. The highest BCUT2D eigenvalue weighted by atomic mass is 19.1. The van der Waals surface area contributed by atoms with Gasteiger partial charge in [-0.25, -0.2) is 4.39 Å². The van der Waals surface area contributed by atoms with Crippen LogP contribution in [0.2, 0.25) is 0 Å². The van der Waals surface area contributed by atoms with Crippen molar-refractivity contribution >= 4 is 10.9 Å². The van der Waals surface area contributed by atoms with Crippen LogP contribution in [0.15, 0.2) is 18.2 Å². The van der Waals surface area contributed by atoms with Crippen molar-refractivity contribution in [1.29, 1.82) is 5.26 Å². The van der Waals surface area contributed by atoms with Gasteiger partial charge in [0.15, 0.2) is 0 Å². The number of nitrogens with zero attached hydrogens (tertiary/aromatic N) is 3. The summed E-state index contributed by atoms with van der Waals surface area (Å²) in [7, 11) is 0. The minimum atomic E-state index is -0.367. The van der Waals surface area contributed by atoms with E-state index in [4.69, 9.17) is 5.26 Å². The maximum absolute atomic E-state index is 13.0. The average molecular weight is 201 g/mol. The molecule has 0 saturated heterocycles. The van der Waals surface area contributed by atoms with Crippen LogP contribution in [0.3, 0.4) is 0 Å². The minimum absolute atomic E-state index is 0.367. The molecule has 0 radical (unpaired) electrons. The van der Waals surface area contributed by atoms with E-state index in [-0.39, 0.29) is 5.82 Å². The number of nitriles is 1. The highest BCUT2D eigenvalue weighted by Gasteiger charge is 2.09. The average Bonchev–Trinajstić information content (AvgIpc) is 2.27. The quantitative estimate of drug-likeness (QED) is 0.710. The molecule has 3 nitrogen and oxygen atoms in total. The SMILES string of the molecule is CCc1nnc2ccc(F)cc2c1C#N. The second-order valence-corrected chi connectivity index (χ2v) is 3.15. The Bertz CT molecular complexity index is 557. The predicted molar refractivity (Wildman–Crippen MR) is 53.6 cm³/mol. The van der Waals surface area contributed by atoms with Gasteiger partial charge in [0.05, 0.1) is 16.8 Å². The van der Waals surface area contributed by atoms with E-state index in [0.29, 0.717) is 28.6 Å². The Morgan fingerprint density at radius 3 is 2.87 bits per heavy atom. The van der Waals surface area contributed by atoms with Gasteiger partial charge in [0.1, 0.15) is 11.9 Å². The van der Waals surface area contributed by atoms with E-state index < -0.39 is 0 Å². The first-order chi connectivity index (χ1) is 7.26. The van der Waals surface area contributed by atoms with Crippen LogP contribution in [0.1, 0.15) is 18.2 Å². The molecule has 1 aromatic heterocycles. The van der Waals surface area contributed by atoms with Gasteiger partial charge in [0.25, 0.3) is 0 Å². The largest absolute Gasteiger partial charge is 0.207 e. The van der Waals surface area contributed by atoms with E-state index in [0.717, 1.165) is 0 Å². The molecule has 74 valence electrons. The van der Waals surface area contributed by atoms with E-state index in [9.17, 15) is 4.39 Å². The van der Waals surface area contributed by atoms with Gasteiger partial charge in [0, 0.05) is 5.39 Å². The Hall–Kier alpha value is -2.02. The van der Waals surface area contributed by atoms with E-state index in [1.165, 1.54) is 18.2 Å². The third kappa shape index (κ3) is 1.52. The molecular weight excluding hydrogens is 193 g/mol. The molecule has 2 rings (SSSR count). The lowest BCUT2D eigenvalue weighted by atomic mass is 10.1. The van der Waals surface area contributed by atoms with Crippen LogP contribution >= 0.6 is 0 Å². The Balaban J connectivity index is 2.86. The van der Waals surface area contributed by atoms with E-state index in [2.05, 4.69) is 10.2 Å². The number of fused-ring (bicyclic) bond motifs is 1. The fraction of sp³-hybridized carbons (Fsp3) is 0.182. The summed E-state index contributed by atoms with van der Waals surface area (Å²) in [4.78, 5) is 0. The molecule has 0 aliphatic rings. The molecule has 0 amide bonds.